The molecule has 3 heterocycles. The van der Waals surface area contributed by atoms with E-state index < -0.39 is 5.76 Å². The molecule has 0 aliphatic carbocycles. The Morgan fingerprint density at radius 2 is 1.56 bits per heavy atom. The molecule has 2 aliphatic heterocycles. The van der Waals surface area contributed by atoms with Crippen LogP contribution in [-0.4, -0.2) is 53.8 Å². The van der Waals surface area contributed by atoms with Crippen molar-refractivity contribution in [2.45, 2.75) is 39.7 Å². The van der Waals surface area contributed by atoms with Gasteiger partial charge in [-0.1, -0.05) is 17.3 Å². The molecule has 1 spiro atoms. The summed E-state index contributed by atoms with van der Waals surface area (Å²) in [4.78, 5) is 31.3. The molecule has 224 valence electrons. The SMILES string of the molecule is CCOc1cc(CN2CCC3(CC2)CC(=O)N(c2ccc(-c4noc(=O)[nH]4)cc2)C3)cc(OCC)c1-c1ccc(F)cc1. The van der Waals surface area contributed by atoms with Gasteiger partial charge in [0.2, 0.25) is 5.91 Å². The van der Waals surface area contributed by atoms with Gasteiger partial charge in [-0.2, -0.15) is 0 Å². The molecule has 0 atom stereocenters. The van der Waals surface area contributed by atoms with E-state index in [0.717, 1.165) is 71.9 Å². The summed E-state index contributed by atoms with van der Waals surface area (Å²) >= 11 is 0. The summed E-state index contributed by atoms with van der Waals surface area (Å²) in [7, 11) is 0. The Labute approximate surface area is 249 Å². The van der Waals surface area contributed by atoms with Crippen LogP contribution in [-0.2, 0) is 11.3 Å². The van der Waals surface area contributed by atoms with Crippen LogP contribution in [0.3, 0.4) is 0 Å². The minimum absolute atomic E-state index is 0.0526. The number of rotatable bonds is 9. The van der Waals surface area contributed by atoms with E-state index in [4.69, 9.17) is 9.47 Å². The van der Waals surface area contributed by atoms with Crippen LogP contribution in [0.1, 0.15) is 38.7 Å². The highest BCUT2D eigenvalue weighted by molar-refractivity contribution is 5.96. The number of nitrogens with zero attached hydrogens (tertiary/aromatic N) is 3. The number of likely N-dealkylation sites (tertiary alicyclic amines) is 1. The third-order valence-corrected chi connectivity index (χ3v) is 8.39. The average molecular weight is 587 g/mol. The van der Waals surface area contributed by atoms with Crippen LogP contribution >= 0.6 is 0 Å². The zero-order valence-electron chi connectivity index (χ0n) is 24.4. The lowest BCUT2D eigenvalue weighted by atomic mass is 9.77. The van der Waals surface area contributed by atoms with Gasteiger partial charge in [-0.15, -0.1) is 0 Å². The third kappa shape index (κ3) is 6.06. The van der Waals surface area contributed by atoms with Crippen LogP contribution in [0.2, 0.25) is 0 Å². The number of halogens is 1. The summed E-state index contributed by atoms with van der Waals surface area (Å²) in [6.45, 7) is 8.10. The van der Waals surface area contributed by atoms with E-state index in [0.29, 0.717) is 32.0 Å². The first-order valence-corrected chi connectivity index (χ1v) is 14.7. The Hall–Kier alpha value is -4.44. The van der Waals surface area contributed by atoms with Crippen molar-refractivity contribution in [3.8, 4) is 34.0 Å². The highest BCUT2D eigenvalue weighted by Gasteiger charge is 2.45. The Balaban J connectivity index is 1.14. The predicted molar refractivity (Wildman–Crippen MR) is 161 cm³/mol. The molecular formula is C33H35FN4O5. The number of benzene rings is 3. The van der Waals surface area contributed by atoms with E-state index in [9.17, 15) is 14.0 Å². The summed E-state index contributed by atoms with van der Waals surface area (Å²) in [5, 5.41) is 3.73. The molecule has 43 heavy (non-hydrogen) atoms. The summed E-state index contributed by atoms with van der Waals surface area (Å²) < 4.78 is 30.3. The van der Waals surface area contributed by atoms with Crippen LogP contribution in [0.5, 0.6) is 11.5 Å². The molecule has 3 aromatic carbocycles. The number of aromatic nitrogens is 2. The van der Waals surface area contributed by atoms with Crippen LogP contribution in [0.4, 0.5) is 10.1 Å². The van der Waals surface area contributed by atoms with Gasteiger partial charge < -0.3 is 14.4 Å². The van der Waals surface area contributed by atoms with Gasteiger partial charge in [-0.05, 0) is 105 Å². The fourth-order valence-electron chi connectivity index (χ4n) is 6.24. The maximum absolute atomic E-state index is 13.6. The molecule has 0 radical (unpaired) electrons. The van der Waals surface area contributed by atoms with Gasteiger partial charge in [-0.25, -0.2) is 9.18 Å². The molecule has 4 aromatic rings. The Bertz CT molecular complexity index is 1610. The first-order chi connectivity index (χ1) is 20.9. The number of hydrogen-bond acceptors (Lipinski definition) is 7. The highest BCUT2D eigenvalue weighted by atomic mass is 19.1. The minimum atomic E-state index is -0.603. The monoisotopic (exact) mass is 586 g/mol. The second-order valence-corrected chi connectivity index (χ2v) is 11.3. The second-order valence-electron chi connectivity index (χ2n) is 11.3. The molecule has 0 bridgehead atoms. The van der Waals surface area contributed by atoms with E-state index in [2.05, 4.69) is 31.7 Å². The lowest BCUT2D eigenvalue weighted by Crippen LogP contribution is -2.41. The average Bonchev–Trinajstić information content (AvgIpc) is 3.58. The van der Waals surface area contributed by atoms with Crippen molar-refractivity contribution in [1.29, 1.82) is 0 Å². The number of anilines is 1. The molecule has 2 aliphatic rings. The molecular weight excluding hydrogens is 551 g/mol. The fourth-order valence-corrected chi connectivity index (χ4v) is 6.24. The quantitative estimate of drug-likeness (QED) is 0.270. The number of H-pyrrole nitrogens is 1. The fraction of sp³-hybridized carbons (Fsp3) is 0.364. The van der Waals surface area contributed by atoms with Gasteiger partial charge in [0.15, 0.2) is 5.82 Å². The predicted octanol–water partition coefficient (Wildman–Crippen LogP) is 5.65. The number of carbonyl (C=O) groups excluding carboxylic acids is 1. The van der Waals surface area contributed by atoms with Crippen LogP contribution in [0, 0.1) is 11.2 Å². The molecule has 6 rings (SSSR count). The zero-order valence-corrected chi connectivity index (χ0v) is 24.4. The number of carbonyl (C=O) groups is 1. The number of nitrogens with one attached hydrogen (secondary N) is 1. The summed E-state index contributed by atoms with van der Waals surface area (Å²) in [6.07, 6.45) is 2.39. The first-order valence-electron chi connectivity index (χ1n) is 14.7. The summed E-state index contributed by atoms with van der Waals surface area (Å²) in [5.74, 6) is 1.05. The zero-order chi connectivity index (χ0) is 30.0. The van der Waals surface area contributed by atoms with Gasteiger partial charge in [0.25, 0.3) is 0 Å². The molecule has 1 N–H and O–H groups in total. The van der Waals surface area contributed by atoms with Gasteiger partial charge in [0, 0.05) is 30.8 Å². The smallest absolute Gasteiger partial charge is 0.439 e. The van der Waals surface area contributed by atoms with Crippen LogP contribution < -0.4 is 20.1 Å². The van der Waals surface area contributed by atoms with Crippen LogP contribution in [0.25, 0.3) is 22.5 Å². The number of aromatic amines is 1. The van der Waals surface area contributed by atoms with E-state index in [1.54, 1.807) is 12.1 Å². The maximum Gasteiger partial charge on any atom is 0.439 e. The standard InChI is InChI=1S/C33H35FN4O5/c1-3-41-27-17-22(18-28(42-4-2)30(27)23-5-9-25(34)10-6-23)20-37-15-13-33(14-16-37)19-29(39)38(21-33)26-11-7-24(8-12-26)31-35-32(40)43-36-31/h5-12,17-18H,3-4,13-16,19-21H2,1-2H3,(H,35,36,40). The van der Waals surface area contributed by atoms with Gasteiger partial charge in [0.05, 0.1) is 18.8 Å². The maximum atomic E-state index is 13.6. The topological polar surface area (TPSA) is 101 Å². The number of piperidine rings is 1. The van der Waals surface area contributed by atoms with Gasteiger partial charge in [-0.3, -0.25) is 19.2 Å². The molecule has 2 fully saturated rings. The van der Waals surface area contributed by atoms with E-state index in [1.165, 1.54) is 12.1 Å². The molecule has 2 saturated heterocycles. The van der Waals surface area contributed by atoms with Gasteiger partial charge >= 0.3 is 5.76 Å². The molecule has 0 saturated carbocycles. The Morgan fingerprint density at radius 3 is 2.14 bits per heavy atom. The molecule has 9 nitrogen and oxygen atoms in total. The van der Waals surface area contributed by atoms with Crippen molar-refractivity contribution in [3.05, 3.63) is 82.6 Å². The lowest BCUT2D eigenvalue weighted by molar-refractivity contribution is -0.118. The second kappa shape index (κ2) is 12.0. The van der Waals surface area contributed by atoms with Crippen LogP contribution in [0.15, 0.2) is 70.0 Å². The lowest BCUT2D eigenvalue weighted by Gasteiger charge is -2.39. The number of amides is 1. The number of hydrogen-bond donors (Lipinski definition) is 1. The summed E-state index contributed by atoms with van der Waals surface area (Å²) in [5.41, 5.74) is 4.27. The molecule has 10 heteroatoms. The Morgan fingerprint density at radius 1 is 0.930 bits per heavy atom. The molecule has 1 amide bonds. The van der Waals surface area contributed by atoms with E-state index >= 15 is 0 Å². The number of ether oxygens (including phenoxy) is 2. The van der Waals surface area contributed by atoms with Crippen molar-refractivity contribution >= 4 is 11.6 Å². The third-order valence-electron chi connectivity index (χ3n) is 8.39. The van der Waals surface area contributed by atoms with Crippen molar-refractivity contribution in [2.75, 3.05) is 37.7 Å². The first kappa shape index (κ1) is 28.7. The van der Waals surface area contributed by atoms with Crippen molar-refractivity contribution in [1.82, 2.24) is 15.0 Å². The summed E-state index contributed by atoms with van der Waals surface area (Å²) in [6, 6.07) is 18.0. The van der Waals surface area contributed by atoms with Crippen molar-refractivity contribution in [2.24, 2.45) is 5.41 Å². The van der Waals surface area contributed by atoms with Gasteiger partial charge in [0.1, 0.15) is 17.3 Å². The minimum Gasteiger partial charge on any atom is -0.493 e. The van der Waals surface area contributed by atoms with E-state index in [-0.39, 0.29) is 17.1 Å². The largest absolute Gasteiger partial charge is 0.493 e. The molecule has 0 unspecified atom stereocenters. The normalized spacial score (nSPS) is 16.6. The van der Waals surface area contributed by atoms with Crippen molar-refractivity contribution < 1.29 is 23.2 Å². The van der Waals surface area contributed by atoms with Crippen molar-refractivity contribution in [3.63, 3.8) is 0 Å². The van der Waals surface area contributed by atoms with E-state index in [1.807, 2.05) is 43.0 Å². The Kier molecular flexibility index (Phi) is 8.03. The molecule has 1 aromatic heterocycles. The highest BCUT2D eigenvalue weighted by Crippen LogP contribution is 2.44.